The van der Waals surface area contributed by atoms with Crippen LogP contribution in [0.2, 0.25) is 0 Å². The zero-order valence-electron chi connectivity index (χ0n) is 12.4. The molecule has 1 N–H and O–H groups in total. The lowest BCUT2D eigenvalue weighted by molar-refractivity contribution is 0.0948. The third kappa shape index (κ3) is 6.08. The summed E-state index contributed by atoms with van der Waals surface area (Å²) >= 11 is 0.435. The first-order chi connectivity index (χ1) is 10.9. The van der Waals surface area contributed by atoms with Gasteiger partial charge in [0.15, 0.2) is 9.84 Å². The van der Waals surface area contributed by atoms with Crippen molar-refractivity contribution in [2.45, 2.75) is 10.7 Å². The number of alkyl halides is 2. The molecular weight excluding hydrogens is 346 g/mol. The van der Waals surface area contributed by atoms with E-state index in [1.165, 1.54) is 24.3 Å². The van der Waals surface area contributed by atoms with Crippen LogP contribution < -0.4 is 5.32 Å². The number of hydrogen-bond acceptors (Lipinski definition) is 5. The Morgan fingerprint density at radius 1 is 1.22 bits per heavy atom. The fraction of sp³-hybridized carbons (Fsp3) is 0.500. The molecule has 0 saturated carbocycles. The minimum atomic E-state index is -2.90. The van der Waals surface area contributed by atoms with Gasteiger partial charge in [-0.25, -0.2) is 8.42 Å². The molecule has 0 spiro atoms. The van der Waals surface area contributed by atoms with E-state index in [1.54, 1.807) is 0 Å². The molecule has 1 saturated heterocycles. The largest absolute Gasteiger partial charge is 0.351 e. The fourth-order valence-corrected chi connectivity index (χ4v) is 3.97. The van der Waals surface area contributed by atoms with Gasteiger partial charge in [0.1, 0.15) is 0 Å². The minimum absolute atomic E-state index is 0.157. The minimum Gasteiger partial charge on any atom is -0.351 e. The van der Waals surface area contributed by atoms with Gasteiger partial charge in [0.05, 0.1) is 11.5 Å². The average molecular weight is 364 g/mol. The molecule has 0 atom stereocenters. The van der Waals surface area contributed by atoms with E-state index in [9.17, 15) is 22.0 Å². The van der Waals surface area contributed by atoms with Gasteiger partial charge < -0.3 is 5.32 Å². The summed E-state index contributed by atoms with van der Waals surface area (Å²) in [5, 5.41) is 2.74. The van der Waals surface area contributed by atoms with Gasteiger partial charge >= 0.3 is 0 Å². The standard InChI is InChI=1S/C14H18F2N2O3S2/c15-14(16)22-12-3-1-11(2-4-12)13(19)17-5-6-18-7-9-23(20,21)10-8-18/h1-4,14H,5-10H2,(H,17,19). The first-order valence-corrected chi connectivity index (χ1v) is 9.82. The lowest BCUT2D eigenvalue weighted by atomic mass is 10.2. The quantitative estimate of drug-likeness (QED) is 0.774. The Morgan fingerprint density at radius 2 is 1.83 bits per heavy atom. The van der Waals surface area contributed by atoms with Crippen LogP contribution in [0, 0.1) is 0 Å². The molecule has 1 amide bonds. The molecule has 0 radical (unpaired) electrons. The molecule has 0 aliphatic carbocycles. The summed E-state index contributed by atoms with van der Waals surface area (Å²) in [6, 6.07) is 5.99. The maximum atomic E-state index is 12.2. The average Bonchev–Trinajstić information content (AvgIpc) is 2.49. The van der Waals surface area contributed by atoms with E-state index < -0.39 is 15.6 Å². The number of hydrogen-bond donors (Lipinski definition) is 1. The Labute approximate surface area is 138 Å². The topological polar surface area (TPSA) is 66.5 Å². The summed E-state index contributed by atoms with van der Waals surface area (Å²) in [6.45, 7) is 1.96. The van der Waals surface area contributed by atoms with Crippen molar-refractivity contribution in [2.75, 3.05) is 37.7 Å². The number of amides is 1. The van der Waals surface area contributed by atoms with Gasteiger partial charge in [0, 0.05) is 36.6 Å². The molecule has 128 valence electrons. The highest BCUT2D eigenvalue weighted by atomic mass is 32.2. The van der Waals surface area contributed by atoms with Crippen molar-refractivity contribution in [3.05, 3.63) is 29.8 Å². The highest BCUT2D eigenvalue weighted by molar-refractivity contribution is 7.99. The first kappa shape index (κ1) is 18.2. The molecule has 1 aromatic carbocycles. The molecule has 1 aliphatic heterocycles. The number of nitrogens with zero attached hydrogens (tertiary/aromatic N) is 1. The van der Waals surface area contributed by atoms with Gasteiger partial charge in [-0.1, -0.05) is 11.8 Å². The Bertz CT molecular complexity index is 622. The number of thioether (sulfide) groups is 1. The molecule has 1 aliphatic rings. The molecule has 0 bridgehead atoms. The molecule has 5 nitrogen and oxygen atoms in total. The van der Waals surface area contributed by atoms with Crippen molar-refractivity contribution in [2.24, 2.45) is 0 Å². The summed E-state index contributed by atoms with van der Waals surface area (Å²) in [5.41, 5.74) is 0.407. The normalized spacial score (nSPS) is 18.0. The Balaban J connectivity index is 1.74. The van der Waals surface area contributed by atoms with Gasteiger partial charge in [-0.15, -0.1) is 0 Å². The molecule has 0 aromatic heterocycles. The van der Waals surface area contributed by atoms with Crippen LogP contribution in [-0.4, -0.2) is 62.7 Å². The molecule has 1 aromatic rings. The number of carbonyl (C=O) groups excluding carboxylic acids is 1. The summed E-state index contributed by atoms with van der Waals surface area (Å²) < 4.78 is 47.0. The maximum absolute atomic E-state index is 12.2. The smallest absolute Gasteiger partial charge is 0.288 e. The van der Waals surface area contributed by atoms with Gasteiger partial charge in [-0.3, -0.25) is 9.69 Å². The Hall–Kier alpha value is -1.19. The molecule has 1 fully saturated rings. The predicted molar refractivity (Wildman–Crippen MR) is 85.7 cm³/mol. The van der Waals surface area contributed by atoms with Crippen LogP contribution >= 0.6 is 11.8 Å². The number of rotatable bonds is 6. The molecular formula is C14H18F2N2O3S2. The van der Waals surface area contributed by atoms with Gasteiger partial charge in [-0.2, -0.15) is 8.78 Å². The second kappa shape index (κ2) is 8.07. The van der Waals surface area contributed by atoms with Crippen molar-refractivity contribution in [3.63, 3.8) is 0 Å². The van der Waals surface area contributed by atoms with E-state index in [-0.39, 0.29) is 17.4 Å². The first-order valence-electron chi connectivity index (χ1n) is 7.11. The van der Waals surface area contributed by atoms with Gasteiger partial charge in [-0.05, 0) is 24.3 Å². The fourth-order valence-electron chi connectivity index (χ4n) is 2.19. The van der Waals surface area contributed by atoms with Crippen LogP contribution in [0.5, 0.6) is 0 Å². The molecule has 1 heterocycles. The van der Waals surface area contributed by atoms with E-state index >= 15 is 0 Å². The van der Waals surface area contributed by atoms with Crippen LogP contribution in [0.3, 0.4) is 0 Å². The highest BCUT2D eigenvalue weighted by Gasteiger charge is 2.21. The Kier molecular flexibility index (Phi) is 6.37. The van der Waals surface area contributed by atoms with Gasteiger partial charge in [0.25, 0.3) is 11.7 Å². The van der Waals surface area contributed by atoms with E-state index in [0.717, 1.165) is 0 Å². The summed E-state index contributed by atoms with van der Waals surface area (Å²) in [6.07, 6.45) is 0. The number of benzene rings is 1. The number of sulfone groups is 1. The number of carbonyl (C=O) groups is 1. The van der Waals surface area contributed by atoms with Gasteiger partial charge in [0.2, 0.25) is 0 Å². The molecule has 9 heteroatoms. The summed E-state index contributed by atoms with van der Waals surface area (Å²) in [5.74, 6) is -2.44. The zero-order valence-corrected chi connectivity index (χ0v) is 14.0. The molecule has 0 unspecified atom stereocenters. The Morgan fingerprint density at radius 3 is 2.39 bits per heavy atom. The maximum Gasteiger partial charge on any atom is 0.288 e. The molecule has 23 heavy (non-hydrogen) atoms. The monoisotopic (exact) mass is 364 g/mol. The van der Waals surface area contributed by atoms with Crippen LogP contribution in [0.15, 0.2) is 29.2 Å². The van der Waals surface area contributed by atoms with Crippen molar-refractivity contribution >= 4 is 27.5 Å². The summed E-state index contributed by atoms with van der Waals surface area (Å²) in [7, 11) is -2.90. The van der Waals surface area contributed by atoms with Crippen LogP contribution in [-0.2, 0) is 9.84 Å². The molecule has 2 rings (SSSR count). The van der Waals surface area contributed by atoms with Crippen LogP contribution in [0.4, 0.5) is 8.78 Å². The van der Waals surface area contributed by atoms with Crippen molar-refractivity contribution in [1.82, 2.24) is 10.2 Å². The van der Waals surface area contributed by atoms with Crippen molar-refractivity contribution < 1.29 is 22.0 Å². The lowest BCUT2D eigenvalue weighted by Crippen LogP contribution is -2.43. The third-order valence-corrected chi connectivity index (χ3v) is 5.82. The SMILES string of the molecule is O=C(NCCN1CCS(=O)(=O)CC1)c1ccc(SC(F)F)cc1. The van der Waals surface area contributed by atoms with E-state index in [0.29, 0.717) is 48.4 Å². The van der Waals surface area contributed by atoms with E-state index in [2.05, 4.69) is 5.32 Å². The summed E-state index contributed by atoms with van der Waals surface area (Å²) in [4.78, 5) is 14.3. The van der Waals surface area contributed by atoms with Crippen molar-refractivity contribution in [1.29, 1.82) is 0 Å². The second-order valence-electron chi connectivity index (χ2n) is 5.15. The van der Waals surface area contributed by atoms with Crippen molar-refractivity contribution in [3.8, 4) is 0 Å². The van der Waals surface area contributed by atoms with Crippen LogP contribution in [0.1, 0.15) is 10.4 Å². The second-order valence-corrected chi connectivity index (χ2v) is 8.52. The van der Waals surface area contributed by atoms with Crippen LogP contribution in [0.25, 0.3) is 0 Å². The highest BCUT2D eigenvalue weighted by Crippen LogP contribution is 2.25. The number of halogens is 2. The van der Waals surface area contributed by atoms with E-state index in [1.807, 2.05) is 4.90 Å². The zero-order chi connectivity index (χ0) is 16.9. The number of nitrogens with one attached hydrogen (secondary N) is 1. The predicted octanol–water partition coefficient (Wildman–Crippen LogP) is 1.46. The lowest BCUT2D eigenvalue weighted by Gasteiger charge is -2.26. The van der Waals surface area contributed by atoms with E-state index in [4.69, 9.17) is 0 Å². The third-order valence-electron chi connectivity index (χ3n) is 3.49.